The molecule has 7 heteroatoms. The molecule has 0 bridgehead atoms. The van der Waals surface area contributed by atoms with Gasteiger partial charge in [0.25, 0.3) is 0 Å². The fourth-order valence-electron chi connectivity index (χ4n) is 2.81. The van der Waals surface area contributed by atoms with Crippen molar-refractivity contribution in [2.24, 2.45) is 17.0 Å². The number of aliphatic imine (C=N–C) groups is 2. The van der Waals surface area contributed by atoms with Crippen molar-refractivity contribution >= 4 is 33.3 Å². The number of allylic oxidation sites excluding steroid dienone is 4. The molecule has 0 aliphatic heterocycles. The number of anilines is 1. The van der Waals surface area contributed by atoms with E-state index in [9.17, 15) is 0 Å². The molecule has 0 radical (unpaired) electrons. The fraction of sp³-hybridized carbons (Fsp3) is 0.182. The van der Waals surface area contributed by atoms with Crippen LogP contribution in [0.3, 0.4) is 0 Å². The first kappa shape index (κ1) is 20.5. The summed E-state index contributed by atoms with van der Waals surface area (Å²) in [6, 6.07) is 8.17. The van der Waals surface area contributed by atoms with Crippen LogP contribution in [0, 0.1) is 11.3 Å². The van der Waals surface area contributed by atoms with Gasteiger partial charge in [-0.25, -0.2) is 9.98 Å². The van der Waals surface area contributed by atoms with Gasteiger partial charge in [-0.3, -0.25) is 4.68 Å². The summed E-state index contributed by atoms with van der Waals surface area (Å²) in [6.07, 6.45) is 12.5. The number of aryl methyl sites for hydroxylation is 1. The number of benzene rings is 1. The van der Waals surface area contributed by atoms with Crippen LogP contribution in [0.15, 0.2) is 75.9 Å². The third kappa shape index (κ3) is 5.87. The first-order chi connectivity index (χ1) is 14.1. The molecule has 0 spiro atoms. The molecular formula is C22H21BrN6. The Hall–Kier alpha value is -3.24. The highest BCUT2D eigenvalue weighted by Crippen LogP contribution is 2.25. The number of aromatic nitrogens is 2. The Bertz CT molecular complexity index is 1070. The molecule has 6 nitrogen and oxygen atoms in total. The van der Waals surface area contributed by atoms with E-state index in [0.29, 0.717) is 18.9 Å². The van der Waals surface area contributed by atoms with Crippen LogP contribution in [0.4, 0.5) is 5.69 Å². The molecule has 0 fully saturated rings. The van der Waals surface area contributed by atoms with Gasteiger partial charge in [-0.1, -0.05) is 28.1 Å². The lowest BCUT2D eigenvalue weighted by Crippen LogP contribution is -2.13. The molecule has 0 atom stereocenters. The Labute approximate surface area is 178 Å². The van der Waals surface area contributed by atoms with E-state index in [0.717, 1.165) is 39.0 Å². The summed E-state index contributed by atoms with van der Waals surface area (Å²) in [5, 5.41) is 16.7. The molecular weight excluding hydrogens is 428 g/mol. The maximum atomic E-state index is 9.15. The summed E-state index contributed by atoms with van der Waals surface area (Å²) in [4.78, 5) is 9.14. The van der Waals surface area contributed by atoms with Gasteiger partial charge in [-0.15, -0.1) is 6.58 Å². The third-order valence-electron chi connectivity index (χ3n) is 4.13. The van der Waals surface area contributed by atoms with Crippen molar-refractivity contribution < 1.29 is 0 Å². The van der Waals surface area contributed by atoms with Crippen molar-refractivity contribution in [1.82, 2.24) is 9.78 Å². The maximum Gasteiger partial charge on any atom is 0.223 e. The molecule has 1 aromatic carbocycles. The van der Waals surface area contributed by atoms with Crippen LogP contribution in [-0.2, 0) is 13.5 Å². The molecule has 1 aromatic heterocycles. The van der Waals surface area contributed by atoms with E-state index in [1.807, 2.05) is 43.6 Å². The highest BCUT2D eigenvalue weighted by atomic mass is 79.9. The average Bonchev–Trinajstić information content (AvgIpc) is 3.14. The van der Waals surface area contributed by atoms with Gasteiger partial charge in [-0.05, 0) is 41.5 Å². The number of hydrogen-bond acceptors (Lipinski definition) is 3. The van der Waals surface area contributed by atoms with Gasteiger partial charge >= 0.3 is 0 Å². The first-order valence-electron chi connectivity index (χ1n) is 9.11. The summed E-state index contributed by atoms with van der Waals surface area (Å²) in [6.45, 7) is 4.19. The van der Waals surface area contributed by atoms with E-state index in [2.05, 4.69) is 55.1 Å². The van der Waals surface area contributed by atoms with Crippen molar-refractivity contribution in [3.05, 3.63) is 71.5 Å². The molecule has 1 aliphatic carbocycles. The Morgan fingerprint density at radius 1 is 1.38 bits per heavy atom. The molecule has 0 unspecified atom stereocenters. The highest BCUT2D eigenvalue weighted by Gasteiger charge is 2.08. The maximum absolute atomic E-state index is 9.15. The number of nitrogens with zero attached hydrogens (tertiary/aromatic N) is 5. The lowest BCUT2D eigenvalue weighted by atomic mass is 10.0. The zero-order valence-electron chi connectivity index (χ0n) is 16.1. The van der Waals surface area contributed by atoms with E-state index >= 15 is 0 Å². The van der Waals surface area contributed by atoms with E-state index in [1.54, 1.807) is 17.0 Å². The van der Waals surface area contributed by atoms with Crippen LogP contribution >= 0.6 is 15.9 Å². The second kappa shape index (κ2) is 9.80. The summed E-state index contributed by atoms with van der Waals surface area (Å²) < 4.78 is 2.79. The Morgan fingerprint density at radius 2 is 2.24 bits per heavy atom. The third-order valence-corrected chi connectivity index (χ3v) is 4.72. The van der Waals surface area contributed by atoms with Crippen molar-refractivity contribution in [1.29, 1.82) is 5.26 Å². The molecule has 0 amide bonds. The molecule has 146 valence electrons. The standard InChI is InChI=1S/C22H21BrN6/c1-3-10-25-22(27-20-6-4-19(23)5-7-20)28-21-12-16(8-9-24)11-17(13-21)18-14-26-29(2)15-18/h3-6,11-15H,1,7-8,10H2,2H3,(H,25,28)/b27-20-. The van der Waals surface area contributed by atoms with Crippen LogP contribution in [0.5, 0.6) is 0 Å². The molecule has 29 heavy (non-hydrogen) atoms. The first-order valence-corrected chi connectivity index (χ1v) is 9.90. The number of nitrogens with one attached hydrogen (secondary N) is 1. The fourth-order valence-corrected chi connectivity index (χ4v) is 3.10. The lowest BCUT2D eigenvalue weighted by Gasteiger charge is -2.11. The van der Waals surface area contributed by atoms with Crippen molar-refractivity contribution in [3.63, 3.8) is 0 Å². The van der Waals surface area contributed by atoms with Gasteiger partial charge in [0.2, 0.25) is 5.96 Å². The van der Waals surface area contributed by atoms with E-state index in [-0.39, 0.29) is 0 Å². The quantitative estimate of drug-likeness (QED) is 0.405. The lowest BCUT2D eigenvalue weighted by molar-refractivity contribution is 0.768. The zero-order chi connectivity index (χ0) is 20.6. The minimum absolute atomic E-state index is 0.317. The van der Waals surface area contributed by atoms with Gasteiger partial charge in [0.15, 0.2) is 0 Å². The SMILES string of the molecule is C=CCN=C(/N=C1/C=CC(Br)=CC1)Nc1cc(CC#N)cc(-c2cnn(C)c2)c1. The Morgan fingerprint density at radius 3 is 2.90 bits per heavy atom. The number of rotatable bonds is 5. The number of nitriles is 1. The van der Waals surface area contributed by atoms with Crippen molar-refractivity contribution in [2.45, 2.75) is 12.8 Å². The molecule has 3 rings (SSSR count). The van der Waals surface area contributed by atoms with E-state index in [4.69, 9.17) is 5.26 Å². The molecule has 1 N–H and O–H groups in total. The summed E-state index contributed by atoms with van der Waals surface area (Å²) >= 11 is 3.46. The minimum Gasteiger partial charge on any atom is -0.324 e. The molecule has 0 saturated heterocycles. The summed E-state index contributed by atoms with van der Waals surface area (Å²) in [5.41, 5.74) is 4.60. The minimum atomic E-state index is 0.317. The van der Waals surface area contributed by atoms with Gasteiger partial charge in [-0.2, -0.15) is 10.4 Å². The second-order valence-electron chi connectivity index (χ2n) is 6.46. The van der Waals surface area contributed by atoms with Gasteiger partial charge < -0.3 is 5.32 Å². The summed E-state index contributed by atoms with van der Waals surface area (Å²) in [7, 11) is 1.88. The molecule has 1 aliphatic rings. The van der Waals surface area contributed by atoms with Gasteiger partial charge in [0, 0.05) is 41.1 Å². The van der Waals surface area contributed by atoms with Crippen LogP contribution < -0.4 is 5.32 Å². The van der Waals surface area contributed by atoms with Crippen molar-refractivity contribution in [3.8, 4) is 17.2 Å². The zero-order valence-corrected chi connectivity index (χ0v) is 17.7. The Balaban J connectivity index is 1.93. The van der Waals surface area contributed by atoms with Crippen molar-refractivity contribution in [2.75, 3.05) is 11.9 Å². The number of halogens is 1. The van der Waals surface area contributed by atoms with Gasteiger partial charge in [0.05, 0.1) is 25.2 Å². The summed E-state index contributed by atoms with van der Waals surface area (Å²) in [5.74, 6) is 0.502. The van der Waals surface area contributed by atoms with E-state index in [1.165, 1.54) is 0 Å². The second-order valence-corrected chi connectivity index (χ2v) is 7.38. The monoisotopic (exact) mass is 448 g/mol. The van der Waals surface area contributed by atoms with Gasteiger partial charge in [0.1, 0.15) is 0 Å². The van der Waals surface area contributed by atoms with Crippen LogP contribution in [-0.4, -0.2) is 28.0 Å². The van der Waals surface area contributed by atoms with Crippen LogP contribution in [0.1, 0.15) is 12.0 Å². The largest absolute Gasteiger partial charge is 0.324 e. The topological polar surface area (TPSA) is 78.4 Å². The molecule has 2 aromatic rings. The van der Waals surface area contributed by atoms with Crippen LogP contribution in [0.25, 0.3) is 11.1 Å². The normalized spacial score (nSPS) is 15.1. The predicted molar refractivity (Wildman–Crippen MR) is 122 cm³/mol. The number of guanidine groups is 1. The predicted octanol–water partition coefficient (Wildman–Crippen LogP) is 4.79. The van der Waals surface area contributed by atoms with E-state index < -0.39 is 0 Å². The Kier molecular flexibility index (Phi) is 6.93. The molecule has 0 saturated carbocycles. The highest BCUT2D eigenvalue weighted by molar-refractivity contribution is 9.11. The smallest absolute Gasteiger partial charge is 0.223 e. The number of hydrogen-bond donors (Lipinski definition) is 1. The van der Waals surface area contributed by atoms with Crippen LogP contribution in [0.2, 0.25) is 0 Å². The average molecular weight is 449 g/mol. The molecule has 1 heterocycles.